The van der Waals surface area contributed by atoms with Crippen LogP contribution in [0.25, 0.3) is 0 Å². The number of hydrogen-bond acceptors (Lipinski definition) is 3. The van der Waals surface area contributed by atoms with Crippen molar-refractivity contribution in [3.05, 3.63) is 59.1 Å². The van der Waals surface area contributed by atoms with Gasteiger partial charge in [0.2, 0.25) is 5.91 Å². The second kappa shape index (κ2) is 7.89. The molecule has 2 aromatic rings. The molecule has 0 saturated heterocycles. The highest BCUT2D eigenvalue weighted by molar-refractivity contribution is 6.30. The van der Waals surface area contributed by atoms with Gasteiger partial charge in [0.15, 0.2) is 0 Å². The maximum Gasteiger partial charge on any atom is 0.241 e. The molecule has 3 rings (SSSR count). The molecule has 1 amide bonds. The van der Waals surface area contributed by atoms with E-state index in [0.717, 1.165) is 11.4 Å². The van der Waals surface area contributed by atoms with Crippen molar-refractivity contribution in [2.24, 2.45) is 5.92 Å². The van der Waals surface area contributed by atoms with Gasteiger partial charge in [-0.1, -0.05) is 23.7 Å². The predicted octanol–water partition coefficient (Wildman–Crippen LogP) is 4.42. The lowest BCUT2D eigenvalue weighted by Gasteiger charge is -2.23. The van der Waals surface area contributed by atoms with Crippen LogP contribution < -0.4 is 15.4 Å². The summed E-state index contributed by atoms with van der Waals surface area (Å²) < 4.78 is 5.23. The maximum atomic E-state index is 12.5. The van der Waals surface area contributed by atoms with Gasteiger partial charge >= 0.3 is 0 Å². The Kier molecular flexibility index (Phi) is 5.61. The molecule has 0 radical (unpaired) electrons. The van der Waals surface area contributed by atoms with Crippen molar-refractivity contribution in [2.45, 2.75) is 31.8 Å². The third kappa shape index (κ3) is 4.74. The van der Waals surface area contributed by atoms with Crippen molar-refractivity contribution in [1.82, 2.24) is 5.32 Å². The van der Waals surface area contributed by atoms with Gasteiger partial charge in [-0.05, 0) is 67.6 Å². The molecule has 1 aliphatic rings. The van der Waals surface area contributed by atoms with Gasteiger partial charge in [-0.2, -0.15) is 0 Å². The number of halogens is 1. The number of amides is 1. The third-order valence-electron chi connectivity index (χ3n) is 4.50. The van der Waals surface area contributed by atoms with Gasteiger partial charge in [-0.3, -0.25) is 10.1 Å². The fraction of sp³-hybridized carbons (Fsp3) is 0.350. The minimum atomic E-state index is -0.302. The van der Waals surface area contributed by atoms with Gasteiger partial charge in [-0.25, -0.2) is 0 Å². The van der Waals surface area contributed by atoms with Crippen LogP contribution in [-0.2, 0) is 4.79 Å². The summed E-state index contributed by atoms with van der Waals surface area (Å²) in [4.78, 5) is 12.5. The molecule has 4 nitrogen and oxygen atoms in total. The van der Waals surface area contributed by atoms with Gasteiger partial charge in [0.1, 0.15) is 5.75 Å². The van der Waals surface area contributed by atoms with Gasteiger partial charge < -0.3 is 10.1 Å². The number of hydrogen-bond donors (Lipinski definition) is 2. The molecule has 2 N–H and O–H groups in total. The first-order chi connectivity index (χ1) is 12.1. The first-order valence-electron chi connectivity index (χ1n) is 8.53. The number of benzene rings is 2. The Bertz CT molecular complexity index is 711. The summed E-state index contributed by atoms with van der Waals surface area (Å²) in [6.07, 6.45) is 2.38. The second-order valence-electron chi connectivity index (χ2n) is 6.47. The molecule has 0 aliphatic heterocycles. The summed E-state index contributed by atoms with van der Waals surface area (Å²) in [7, 11) is 1.66. The Balaban J connectivity index is 1.64. The molecule has 0 spiro atoms. The molecule has 0 aromatic heterocycles. The zero-order chi connectivity index (χ0) is 17.8. The van der Waals surface area contributed by atoms with Crippen LogP contribution in [0.1, 0.15) is 31.4 Å². The fourth-order valence-corrected chi connectivity index (χ4v) is 3.00. The van der Waals surface area contributed by atoms with Crippen LogP contribution in [0.3, 0.4) is 0 Å². The highest BCUT2D eigenvalue weighted by Crippen LogP contribution is 2.41. The number of ether oxygens (including phenoxy) is 1. The predicted molar refractivity (Wildman–Crippen MR) is 101 cm³/mol. The molecule has 5 heteroatoms. The monoisotopic (exact) mass is 358 g/mol. The Morgan fingerprint density at radius 2 is 1.76 bits per heavy atom. The van der Waals surface area contributed by atoms with Crippen LogP contribution in [0.5, 0.6) is 5.75 Å². The van der Waals surface area contributed by atoms with Crippen LogP contribution >= 0.6 is 11.6 Å². The smallest absolute Gasteiger partial charge is 0.241 e. The first kappa shape index (κ1) is 17.8. The molecule has 132 valence electrons. The molecular weight excluding hydrogens is 336 g/mol. The molecule has 0 bridgehead atoms. The third-order valence-corrected chi connectivity index (χ3v) is 4.75. The van der Waals surface area contributed by atoms with Crippen molar-refractivity contribution in [1.29, 1.82) is 0 Å². The van der Waals surface area contributed by atoms with E-state index in [0.29, 0.717) is 10.9 Å². The molecule has 2 atom stereocenters. The molecule has 1 saturated carbocycles. The summed E-state index contributed by atoms with van der Waals surface area (Å²) in [6, 6.07) is 15.1. The topological polar surface area (TPSA) is 50.4 Å². The number of rotatable bonds is 7. The van der Waals surface area contributed by atoms with Gasteiger partial charge in [0.25, 0.3) is 0 Å². The Labute approximate surface area is 153 Å². The van der Waals surface area contributed by atoms with E-state index in [4.69, 9.17) is 16.3 Å². The standard InChI is InChI=1S/C20H23ClN2O2/c1-13(20(24)23-17-9-7-16(21)8-10-17)22-19(14-3-4-14)15-5-11-18(25-2)12-6-15/h5-14,19,22H,3-4H2,1-2H3,(H,23,24). The van der Waals surface area contributed by atoms with Gasteiger partial charge in [-0.15, -0.1) is 0 Å². The lowest BCUT2D eigenvalue weighted by atomic mass is 10.0. The van der Waals surface area contributed by atoms with Crippen LogP contribution in [0, 0.1) is 5.92 Å². The SMILES string of the molecule is COc1ccc(C(NC(C)C(=O)Nc2ccc(Cl)cc2)C2CC2)cc1. The van der Waals surface area contributed by atoms with E-state index < -0.39 is 0 Å². The zero-order valence-corrected chi connectivity index (χ0v) is 15.2. The van der Waals surface area contributed by atoms with E-state index in [1.54, 1.807) is 31.4 Å². The summed E-state index contributed by atoms with van der Waals surface area (Å²) in [5, 5.41) is 7.06. The maximum absolute atomic E-state index is 12.5. The van der Waals surface area contributed by atoms with Crippen LogP contribution in [0.2, 0.25) is 5.02 Å². The lowest BCUT2D eigenvalue weighted by molar-refractivity contribution is -0.118. The molecule has 1 fully saturated rings. The number of nitrogens with one attached hydrogen (secondary N) is 2. The molecule has 1 aliphatic carbocycles. The van der Waals surface area contributed by atoms with Crippen molar-refractivity contribution >= 4 is 23.2 Å². The zero-order valence-electron chi connectivity index (χ0n) is 14.5. The molecule has 0 heterocycles. The Hall–Kier alpha value is -2.04. The van der Waals surface area contributed by atoms with Crippen LogP contribution in [0.15, 0.2) is 48.5 Å². The van der Waals surface area contributed by atoms with Crippen LogP contribution in [-0.4, -0.2) is 19.1 Å². The van der Waals surface area contributed by atoms with Crippen molar-refractivity contribution < 1.29 is 9.53 Å². The average molecular weight is 359 g/mol. The van der Waals surface area contributed by atoms with Crippen molar-refractivity contribution in [3.8, 4) is 5.75 Å². The van der Waals surface area contributed by atoms with E-state index in [9.17, 15) is 4.79 Å². The number of methoxy groups -OCH3 is 1. The number of carbonyl (C=O) groups is 1. The Morgan fingerprint density at radius 1 is 1.12 bits per heavy atom. The van der Waals surface area contributed by atoms with E-state index in [1.807, 2.05) is 19.1 Å². The van der Waals surface area contributed by atoms with Crippen LogP contribution in [0.4, 0.5) is 5.69 Å². The minimum Gasteiger partial charge on any atom is -0.497 e. The normalized spacial score (nSPS) is 16.1. The van der Waals surface area contributed by atoms with Crippen molar-refractivity contribution in [2.75, 3.05) is 12.4 Å². The Morgan fingerprint density at radius 3 is 2.32 bits per heavy atom. The molecule has 2 aromatic carbocycles. The van der Waals surface area contributed by atoms with E-state index in [-0.39, 0.29) is 18.0 Å². The average Bonchev–Trinajstić information content (AvgIpc) is 3.46. The quantitative estimate of drug-likeness (QED) is 0.770. The van der Waals surface area contributed by atoms with Gasteiger partial charge in [0.05, 0.1) is 13.2 Å². The van der Waals surface area contributed by atoms with E-state index in [2.05, 4.69) is 22.8 Å². The molecule has 25 heavy (non-hydrogen) atoms. The summed E-state index contributed by atoms with van der Waals surface area (Å²) in [5.41, 5.74) is 1.94. The fourth-order valence-electron chi connectivity index (χ4n) is 2.87. The largest absolute Gasteiger partial charge is 0.497 e. The minimum absolute atomic E-state index is 0.0542. The van der Waals surface area contributed by atoms with E-state index in [1.165, 1.54) is 18.4 Å². The highest BCUT2D eigenvalue weighted by atomic mass is 35.5. The number of anilines is 1. The first-order valence-corrected chi connectivity index (χ1v) is 8.91. The highest BCUT2D eigenvalue weighted by Gasteiger charge is 2.34. The molecular formula is C20H23ClN2O2. The van der Waals surface area contributed by atoms with E-state index >= 15 is 0 Å². The lowest BCUT2D eigenvalue weighted by Crippen LogP contribution is -2.40. The summed E-state index contributed by atoms with van der Waals surface area (Å²) in [5.74, 6) is 1.37. The van der Waals surface area contributed by atoms with Crippen molar-refractivity contribution in [3.63, 3.8) is 0 Å². The second-order valence-corrected chi connectivity index (χ2v) is 6.91. The molecule has 2 unspecified atom stereocenters. The number of carbonyl (C=O) groups excluding carboxylic acids is 1. The summed E-state index contributed by atoms with van der Waals surface area (Å²) in [6.45, 7) is 1.89. The van der Waals surface area contributed by atoms with Gasteiger partial charge in [0, 0.05) is 16.8 Å². The summed E-state index contributed by atoms with van der Waals surface area (Å²) >= 11 is 5.88.